The van der Waals surface area contributed by atoms with Gasteiger partial charge in [0.2, 0.25) is 0 Å². The normalized spacial score (nSPS) is 14.5. The Hall–Kier alpha value is -0.0800. The van der Waals surface area contributed by atoms with E-state index >= 15 is 0 Å². The quantitative estimate of drug-likeness (QED) is 0.557. The average molecular weight is 188 g/mol. The van der Waals surface area contributed by atoms with Crippen LogP contribution in [0.2, 0.25) is 0 Å². The Balaban J connectivity index is 3.79. The minimum atomic E-state index is 0.449. The molecule has 0 aliphatic carbocycles. The molecule has 0 radical (unpaired) electrons. The number of rotatable bonds is 7. The van der Waals surface area contributed by atoms with Crippen molar-refractivity contribution in [3.05, 3.63) is 0 Å². The van der Waals surface area contributed by atoms with E-state index in [1.54, 1.807) is 0 Å². The van der Waals surface area contributed by atoms with Crippen molar-refractivity contribution < 1.29 is 9.22 Å². The van der Waals surface area contributed by atoms with Crippen LogP contribution in [0.1, 0.15) is 33.1 Å². The van der Waals surface area contributed by atoms with Gasteiger partial charge in [-0.25, -0.2) is 0 Å². The van der Waals surface area contributed by atoms with Gasteiger partial charge in [-0.05, 0) is 13.3 Å². The second-order valence-corrected chi connectivity index (χ2v) is 4.69. The van der Waals surface area contributed by atoms with Gasteiger partial charge >= 0.3 is 0 Å². The van der Waals surface area contributed by atoms with E-state index < -0.39 is 0 Å². The highest BCUT2D eigenvalue weighted by molar-refractivity contribution is 4.56. The number of nitrogens with zero attached hydrogens (tertiary/aromatic N) is 1. The van der Waals surface area contributed by atoms with Gasteiger partial charge in [0.15, 0.2) is 0 Å². The molecule has 1 unspecified atom stereocenters. The van der Waals surface area contributed by atoms with Crippen molar-refractivity contribution in [2.75, 3.05) is 34.3 Å². The Kier molecular flexibility index (Phi) is 6.35. The van der Waals surface area contributed by atoms with Crippen molar-refractivity contribution in [3.63, 3.8) is 0 Å². The zero-order valence-electron chi connectivity index (χ0n) is 9.97. The van der Waals surface area contributed by atoms with E-state index in [0.29, 0.717) is 6.10 Å². The molecule has 0 rings (SSSR count). The monoisotopic (exact) mass is 188 g/mol. The molecule has 0 aromatic heterocycles. The SMILES string of the molecule is CCCCC(C[N+](C)(C)C)OCC. The zero-order chi connectivity index (χ0) is 10.3. The summed E-state index contributed by atoms with van der Waals surface area (Å²) in [5, 5.41) is 0. The van der Waals surface area contributed by atoms with E-state index in [2.05, 4.69) is 35.0 Å². The number of ether oxygens (including phenoxy) is 1. The van der Waals surface area contributed by atoms with Gasteiger partial charge in [0.05, 0.1) is 21.1 Å². The minimum Gasteiger partial charge on any atom is -0.373 e. The lowest BCUT2D eigenvalue weighted by atomic mass is 10.1. The highest BCUT2D eigenvalue weighted by Crippen LogP contribution is 2.08. The molecule has 0 aliphatic rings. The maximum absolute atomic E-state index is 5.70. The summed E-state index contributed by atoms with van der Waals surface area (Å²) in [6, 6.07) is 0. The molecular weight excluding hydrogens is 162 g/mol. The van der Waals surface area contributed by atoms with E-state index in [-0.39, 0.29) is 0 Å². The first kappa shape index (κ1) is 12.9. The van der Waals surface area contributed by atoms with Crippen LogP contribution in [0, 0.1) is 0 Å². The standard InChI is InChI=1S/C11H26NO/c1-6-8-9-11(13-7-2)10-12(3,4)5/h11H,6-10H2,1-5H3/q+1. The molecule has 0 aliphatic heterocycles. The number of unbranched alkanes of at least 4 members (excludes halogenated alkanes) is 1. The number of hydrogen-bond donors (Lipinski definition) is 0. The summed E-state index contributed by atoms with van der Waals surface area (Å²) >= 11 is 0. The predicted octanol–water partition coefficient (Wildman–Crippen LogP) is 2.29. The summed E-state index contributed by atoms with van der Waals surface area (Å²) < 4.78 is 6.70. The van der Waals surface area contributed by atoms with Gasteiger partial charge < -0.3 is 9.22 Å². The summed E-state index contributed by atoms with van der Waals surface area (Å²) in [5.41, 5.74) is 0. The smallest absolute Gasteiger partial charge is 0.106 e. The van der Waals surface area contributed by atoms with Crippen molar-refractivity contribution in [2.24, 2.45) is 0 Å². The zero-order valence-corrected chi connectivity index (χ0v) is 9.97. The van der Waals surface area contributed by atoms with E-state index in [9.17, 15) is 0 Å². The van der Waals surface area contributed by atoms with Gasteiger partial charge in [-0.3, -0.25) is 0 Å². The van der Waals surface area contributed by atoms with Gasteiger partial charge in [-0.2, -0.15) is 0 Å². The largest absolute Gasteiger partial charge is 0.373 e. The van der Waals surface area contributed by atoms with Gasteiger partial charge in [-0.1, -0.05) is 19.8 Å². The van der Waals surface area contributed by atoms with Crippen LogP contribution in [0.15, 0.2) is 0 Å². The van der Waals surface area contributed by atoms with Crippen LogP contribution in [-0.4, -0.2) is 44.9 Å². The third kappa shape index (κ3) is 8.26. The molecule has 0 heterocycles. The first-order chi connectivity index (χ1) is 5.99. The fourth-order valence-electron chi connectivity index (χ4n) is 1.51. The molecule has 0 saturated carbocycles. The summed E-state index contributed by atoms with van der Waals surface area (Å²) in [6.07, 6.45) is 4.20. The molecule has 0 saturated heterocycles. The molecule has 2 heteroatoms. The highest BCUT2D eigenvalue weighted by atomic mass is 16.5. The molecule has 0 aromatic rings. The Morgan fingerprint density at radius 3 is 2.15 bits per heavy atom. The van der Waals surface area contributed by atoms with Crippen LogP contribution in [0.4, 0.5) is 0 Å². The molecule has 0 spiro atoms. The minimum absolute atomic E-state index is 0.449. The lowest BCUT2D eigenvalue weighted by Crippen LogP contribution is -2.42. The van der Waals surface area contributed by atoms with Gasteiger partial charge in [0, 0.05) is 6.61 Å². The average Bonchev–Trinajstić information content (AvgIpc) is 1.98. The molecule has 0 N–H and O–H groups in total. The molecule has 0 amide bonds. The van der Waals surface area contributed by atoms with Crippen LogP contribution in [0.5, 0.6) is 0 Å². The maximum Gasteiger partial charge on any atom is 0.106 e. The molecule has 13 heavy (non-hydrogen) atoms. The number of likely N-dealkylation sites (N-methyl/N-ethyl adjacent to an activating group) is 1. The van der Waals surface area contributed by atoms with Crippen LogP contribution in [0.25, 0.3) is 0 Å². The Labute approximate surface area is 83.5 Å². The fraction of sp³-hybridized carbons (Fsp3) is 1.00. The third-order valence-corrected chi connectivity index (χ3v) is 2.03. The topological polar surface area (TPSA) is 9.23 Å². The first-order valence-corrected chi connectivity index (χ1v) is 5.41. The summed E-state index contributed by atoms with van der Waals surface area (Å²) in [4.78, 5) is 0. The number of quaternary nitrogens is 1. The van der Waals surface area contributed by atoms with Gasteiger partial charge in [-0.15, -0.1) is 0 Å². The summed E-state index contributed by atoms with van der Waals surface area (Å²) in [5.74, 6) is 0. The third-order valence-electron chi connectivity index (χ3n) is 2.03. The van der Waals surface area contributed by atoms with E-state index in [0.717, 1.165) is 17.6 Å². The Morgan fingerprint density at radius 1 is 1.15 bits per heavy atom. The lowest BCUT2D eigenvalue weighted by Gasteiger charge is -2.29. The summed E-state index contributed by atoms with van der Waals surface area (Å²) in [6.45, 7) is 6.27. The summed E-state index contributed by atoms with van der Waals surface area (Å²) in [7, 11) is 6.66. The fourth-order valence-corrected chi connectivity index (χ4v) is 1.51. The predicted molar refractivity (Wildman–Crippen MR) is 57.8 cm³/mol. The van der Waals surface area contributed by atoms with E-state index in [4.69, 9.17) is 4.74 Å². The van der Waals surface area contributed by atoms with Crippen molar-refractivity contribution in [3.8, 4) is 0 Å². The van der Waals surface area contributed by atoms with Crippen molar-refractivity contribution in [1.82, 2.24) is 0 Å². The molecule has 0 fully saturated rings. The van der Waals surface area contributed by atoms with Crippen molar-refractivity contribution >= 4 is 0 Å². The molecule has 0 bridgehead atoms. The van der Waals surface area contributed by atoms with E-state index in [1.807, 2.05) is 0 Å². The number of hydrogen-bond acceptors (Lipinski definition) is 1. The van der Waals surface area contributed by atoms with Gasteiger partial charge in [0.1, 0.15) is 12.6 Å². The van der Waals surface area contributed by atoms with Crippen LogP contribution >= 0.6 is 0 Å². The van der Waals surface area contributed by atoms with Crippen LogP contribution in [-0.2, 0) is 4.74 Å². The second-order valence-electron chi connectivity index (χ2n) is 4.69. The molecule has 2 nitrogen and oxygen atoms in total. The Morgan fingerprint density at radius 2 is 1.77 bits per heavy atom. The van der Waals surface area contributed by atoms with E-state index in [1.165, 1.54) is 19.3 Å². The van der Waals surface area contributed by atoms with Crippen LogP contribution in [0.3, 0.4) is 0 Å². The molecule has 1 atom stereocenters. The molecular formula is C11H26NO+. The second kappa shape index (κ2) is 6.39. The molecule has 0 aromatic carbocycles. The van der Waals surface area contributed by atoms with Crippen molar-refractivity contribution in [2.45, 2.75) is 39.2 Å². The highest BCUT2D eigenvalue weighted by Gasteiger charge is 2.17. The molecule has 80 valence electrons. The maximum atomic E-state index is 5.70. The van der Waals surface area contributed by atoms with Crippen molar-refractivity contribution in [1.29, 1.82) is 0 Å². The lowest BCUT2D eigenvalue weighted by molar-refractivity contribution is -0.873. The van der Waals surface area contributed by atoms with Gasteiger partial charge in [0.25, 0.3) is 0 Å². The first-order valence-electron chi connectivity index (χ1n) is 5.41. The van der Waals surface area contributed by atoms with Crippen LogP contribution < -0.4 is 0 Å². The Bertz CT molecular complexity index is 118.